The van der Waals surface area contributed by atoms with Crippen molar-refractivity contribution in [2.75, 3.05) is 5.43 Å². The Morgan fingerprint density at radius 2 is 1.65 bits per heavy atom. The summed E-state index contributed by atoms with van der Waals surface area (Å²) in [6.07, 6.45) is -2.61. The number of rotatable bonds is 3. The molecule has 0 bridgehead atoms. The van der Waals surface area contributed by atoms with E-state index in [2.05, 4.69) is 10.4 Å². The number of halogens is 2. The third-order valence-corrected chi connectivity index (χ3v) is 3.20. The second-order valence-electron chi connectivity index (χ2n) is 4.48. The van der Waals surface area contributed by atoms with E-state index >= 15 is 0 Å². The maximum atomic E-state index is 12.6. The number of aryl methyl sites for hydroxylation is 1. The van der Waals surface area contributed by atoms with Crippen LogP contribution in [0.5, 0.6) is 0 Å². The largest absolute Gasteiger partial charge is 0.275 e. The van der Waals surface area contributed by atoms with Crippen LogP contribution in [0.4, 0.5) is 14.6 Å². The molecular formula is C13H13F2N3O2. The van der Waals surface area contributed by atoms with Crippen molar-refractivity contribution >= 4 is 17.6 Å². The van der Waals surface area contributed by atoms with Gasteiger partial charge in [-0.05, 0) is 32.9 Å². The number of nitrogens with one attached hydrogen (secondary N) is 1. The topological polar surface area (TPSA) is 62.3 Å². The van der Waals surface area contributed by atoms with Crippen LogP contribution in [0.15, 0.2) is 23.3 Å². The summed E-state index contributed by atoms with van der Waals surface area (Å²) in [6, 6.07) is 2.52. The number of hydrogen-bond donors (Lipinski definition) is 1. The molecule has 20 heavy (non-hydrogen) atoms. The fourth-order valence-corrected chi connectivity index (χ4v) is 1.83. The monoisotopic (exact) mass is 281 g/mol. The molecular weight excluding hydrogens is 268 g/mol. The average Bonchev–Trinajstić information content (AvgIpc) is 2.56. The molecule has 0 aliphatic carbocycles. The molecule has 1 aromatic heterocycles. The first-order valence-corrected chi connectivity index (χ1v) is 5.91. The number of anilines is 1. The van der Waals surface area contributed by atoms with Gasteiger partial charge in [0, 0.05) is 22.4 Å². The Morgan fingerprint density at radius 1 is 1.10 bits per heavy atom. The number of hydrogen-bond acceptors (Lipinski definition) is 4. The fourth-order valence-electron chi connectivity index (χ4n) is 1.83. The predicted octanol–water partition coefficient (Wildman–Crippen LogP) is 2.36. The van der Waals surface area contributed by atoms with Crippen molar-refractivity contribution < 1.29 is 18.4 Å². The lowest BCUT2D eigenvalue weighted by Crippen LogP contribution is -2.37. The van der Waals surface area contributed by atoms with Crippen molar-refractivity contribution in [2.45, 2.75) is 27.2 Å². The van der Waals surface area contributed by atoms with Crippen molar-refractivity contribution in [3.63, 3.8) is 0 Å². The van der Waals surface area contributed by atoms with Crippen LogP contribution in [0.1, 0.15) is 31.5 Å². The Morgan fingerprint density at radius 3 is 2.10 bits per heavy atom. The first-order chi connectivity index (χ1) is 9.32. The third-order valence-electron chi connectivity index (χ3n) is 3.20. The molecule has 1 aliphatic rings. The summed E-state index contributed by atoms with van der Waals surface area (Å²) in [4.78, 5) is 27.6. The molecule has 2 heterocycles. The lowest BCUT2D eigenvalue weighted by atomic mass is 10.2. The van der Waals surface area contributed by atoms with Gasteiger partial charge in [0.2, 0.25) is 0 Å². The molecule has 0 saturated heterocycles. The molecule has 0 radical (unpaired) electrons. The van der Waals surface area contributed by atoms with Crippen LogP contribution in [0, 0.1) is 6.92 Å². The van der Waals surface area contributed by atoms with E-state index in [1.165, 1.54) is 19.1 Å². The molecule has 1 aliphatic heterocycles. The van der Waals surface area contributed by atoms with Gasteiger partial charge in [-0.3, -0.25) is 15.0 Å². The third kappa shape index (κ3) is 2.26. The molecule has 0 saturated carbocycles. The van der Waals surface area contributed by atoms with Gasteiger partial charge in [0.05, 0.1) is 0 Å². The first kappa shape index (κ1) is 14.1. The van der Waals surface area contributed by atoms with Crippen LogP contribution in [0.3, 0.4) is 0 Å². The molecule has 7 heteroatoms. The Hall–Kier alpha value is -2.31. The molecule has 0 atom stereocenters. The molecule has 1 aromatic rings. The van der Waals surface area contributed by atoms with Crippen molar-refractivity contribution in [3.8, 4) is 0 Å². The van der Waals surface area contributed by atoms with E-state index in [-0.39, 0.29) is 17.1 Å². The molecule has 0 aromatic carbocycles. The van der Waals surface area contributed by atoms with Crippen LogP contribution < -0.4 is 5.43 Å². The zero-order valence-corrected chi connectivity index (χ0v) is 11.2. The molecule has 0 unspecified atom stereocenters. The number of amides is 2. The van der Waals surface area contributed by atoms with E-state index in [1.807, 2.05) is 0 Å². The minimum Gasteiger partial charge on any atom is -0.271 e. The SMILES string of the molecule is CC1=C(C)C(=O)N(Nc2ccc(C(F)F)c(C)n2)C1=O. The second kappa shape index (κ2) is 4.99. The van der Waals surface area contributed by atoms with Crippen LogP contribution in [0.2, 0.25) is 0 Å². The van der Waals surface area contributed by atoms with Crippen molar-refractivity contribution in [1.82, 2.24) is 9.99 Å². The highest BCUT2D eigenvalue weighted by Gasteiger charge is 2.34. The summed E-state index contributed by atoms with van der Waals surface area (Å²) >= 11 is 0. The lowest BCUT2D eigenvalue weighted by molar-refractivity contribution is -0.135. The van der Waals surface area contributed by atoms with Crippen LogP contribution >= 0.6 is 0 Å². The molecule has 106 valence electrons. The summed E-state index contributed by atoms with van der Waals surface area (Å²) in [7, 11) is 0. The van der Waals surface area contributed by atoms with E-state index in [4.69, 9.17) is 0 Å². The van der Waals surface area contributed by atoms with Gasteiger partial charge in [0.1, 0.15) is 5.82 Å². The highest BCUT2D eigenvalue weighted by Crippen LogP contribution is 2.24. The van der Waals surface area contributed by atoms with Gasteiger partial charge in [-0.2, -0.15) is 5.01 Å². The molecule has 2 amide bonds. The van der Waals surface area contributed by atoms with E-state index in [0.717, 1.165) is 5.01 Å². The molecule has 5 nitrogen and oxygen atoms in total. The van der Waals surface area contributed by atoms with Crippen molar-refractivity contribution in [3.05, 3.63) is 34.5 Å². The smallest absolute Gasteiger partial charge is 0.271 e. The number of pyridine rings is 1. The van der Waals surface area contributed by atoms with E-state index in [0.29, 0.717) is 11.1 Å². The first-order valence-electron chi connectivity index (χ1n) is 5.91. The van der Waals surface area contributed by atoms with E-state index in [1.54, 1.807) is 13.8 Å². The summed E-state index contributed by atoms with van der Waals surface area (Å²) in [6.45, 7) is 4.54. The quantitative estimate of drug-likeness (QED) is 0.864. The summed E-state index contributed by atoms with van der Waals surface area (Å²) < 4.78 is 25.2. The van der Waals surface area contributed by atoms with Gasteiger partial charge in [-0.1, -0.05) is 0 Å². The average molecular weight is 281 g/mol. The van der Waals surface area contributed by atoms with Crippen LogP contribution in [-0.2, 0) is 9.59 Å². The Kier molecular flexibility index (Phi) is 3.52. The summed E-state index contributed by atoms with van der Waals surface area (Å²) in [5, 5.41) is 0.828. The van der Waals surface area contributed by atoms with Crippen molar-refractivity contribution in [2.24, 2.45) is 0 Å². The summed E-state index contributed by atoms with van der Waals surface area (Å²) in [5.41, 5.74) is 3.21. The minimum atomic E-state index is -2.61. The van der Waals surface area contributed by atoms with Gasteiger partial charge in [-0.15, -0.1) is 0 Å². The molecule has 1 N–H and O–H groups in total. The number of carbonyl (C=O) groups excluding carboxylic acids is 2. The number of aromatic nitrogens is 1. The van der Waals surface area contributed by atoms with Gasteiger partial charge in [0.15, 0.2) is 0 Å². The zero-order valence-electron chi connectivity index (χ0n) is 11.2. The highest BCUT2D eigenvalue weighted by atomic mass is 19.3. The van der Waals surface area contributed by atoms with Gasteiger partial charge >= 0.3 is 0 Å². The molecule has 0 fully saturated rings. The number of imide groups is 1. The highest BCUT2D eigenvalue weighted by molar-refractivity contribution is 6.19. The number of carbonyl (C=O) groups is 2. The molecule has 0 spiro atoms. The standard InChI is InChI=1S/C13H13F2N3O2/c1-6-7(2)13(20)18(12(6)19)17-10-5-4-9(11(14)15)8(3)16-10/h4-5,11H,1-3H3,(H,16,17). The second-order valence-corrected chi connectivity index (χ2v) is 4.48. The Bertz CT molecular complexity index is 602. The minimum absolute atomic E-state index is 0.144. The predicted molar refractivity (Wildman–Crippen MR) is 67.8 cm³/mol. The van der Waals surface area contributed by atoms with Gasteiger partial charge in [-0.25, -0.2) is 13.8 Å². The Labute approximate surface area is 114 Å². The lowest BCUT2D eigenvalue weighted by Gasteiger charge is -2.17. The zero-order chi connectivity index (χ0) is 15.0. The number of nitrogens with zero attached hydrogens (tertiary/aromatic N) is 2. The maximum Gasteiger partial charge on any atom is 0.275 e. The number of alkyl halides is 2. The number of hydrazine groups is 1. The van der Waals surface area contributed by atoms with Gasteiger partial charge < -0.3 is 0 Å². The van der Waals surface area contributed by atoms with E-state index < -0.39 is 18.2 Å². The Balaban J connectivity index is 2.22. The normalized spacial score (nSPS) is 15.6. The van der Waals surface area contributed by atoms with Gasteiger partial charge in [0.25, 0.3) is 18.2 Å². The van der Waals surface area contributed by atoms with Crippen LogP contribution in [0.25, 0.3) is 0 Å². The maximum absolute atomic E-state index is 12.6. The van der Waals surface area contributed by atoms with Crippen LogP contribution in [-0.4, -0.2) is 21.8 Å². The summed E-state index contributed by atoms with van der Waals surface area (Å²) in [5.74, 6) is -0.772. The van der Waals surface area contributed by atoms with Crippen molar-refractivity contribution in [1.29, 1.82) is 0 Å². The fraction of sp³-hybridized carbons (Fsp3) is 0.308. The molecule has 2 rings (SSSR count). The van der Waals surface area contributed by atoms with E-state index in [9.17, 15) is 18.4 Å².